The van der Waals surface area contributed by atoms with Crippen LogP contribution < -0.4 is 10.1 Å². The molecule has 0 saturated carbocycles. The van der Waals surface area contributed by atoms with Gasteiger partial charge in [-0.1, -0.05) is 18.2 Å². The summed E-state index contributed by atoms with van der Waals surface area (Å²) in [5, 5.41) is 13.4. The largest absolute Gasteiger partial charge is 0.497 e. The van der Waals surface area contributed by atoms with Crippen molar-refractivity contribution in [2.24, 2.45) is 5.41 Å². The number of likely N-dealkylation sites (tertiary alicyclic amines) is 1. The van der Waals surface area contributed by atoms with Crippen LogP contribution in [0.4, 0.5) is 10.5 Å². The number of alkyl halides is 1. The van der Waals surface area contributed by atoms with Crippen molar-refractivity contribution < 1.29 is 24.2 Å². The summed E-state index contributed by atoms with van der Waals surface area (Å²) in [7, 11) is 1.67. The van der Waals surface area contributed by atoms with Gasteiger partial charge >= 0.3 is 6.09 Å². The van der Waals surface area contributed by atoms with Crippen LogP contribution in [0.15, 0.2) is 48.0 Å². The SMILES string of the molecule is COc1ccc2c(c1)CC1=C2C2(CN(C(=O)CCl)C2)CN(Cc2ccc(NC(=O)OC(C)(C)C)cc2)C1CO. The van der Waals surface area contributed by atoms with Gasteiger partial charge in [0.2, 0.25) is 5.91 Å². The molecule has 208 valence electrons. The quantitative estimate of drug-likeness (QED) is 0.518. The van der Waals surface area contributed by atoms with Gasteiger partial charge in [0.05, 0.1) is 19.8 Å². The summed E-state index contributed by atoms with van der Waals surface area (Å²) in [6.07, 6.45) is 0.250. The number of aliphatic hydroxyl groups is 1. The summed E-state index contributed by atoms with van der Waals surface area (Å²) < 4.78 is 10.8. The zero-order valence-corrected chi connectivity index (χ0v) is 23.7. The number of halogens is 1. The van der Waals surface area contributed by atoms with E-state index in [9.17, 15) is 14.7 Å². The van der Waals surface area contributed by atoms with Crippen molar-refractivity contribution in [2.45, 2.75) is 45.4 Å². The van der Waals surface area contributed by atoms with Crippen LogP contribution in [-0.2, 0) is 22.5 Å². The fourth-order valence-corrected chi connectivity index (χ4v) is 6.38. The molecule has 1 atom stereocenters. The number of anilines is 1. The Kier molecular flexibility index (Phi) is 7.39. The molecular weight excluding hydrogens is 518 g/mol. The van der Waals surface area contributed by atoms with E-state index < -0.39 is 11.7 Å². The maximum atomic E-state index is 12.4. The Morgan fingerprint density at radius 2 is 1.85 bits per heavy atom. The predicted octanol–water partition coefficient (Wildman–Crippen LogP) is 4.30. The number of ether oxygens (including phenoxy) is 2. The number of nitrogens with one attached hydrogen (secondary N) is 1. The van der Waals surface area contributed by atoms with E-state index in [1.54, 1.807) is 7.11 Å². The number of hydrogen-bond acceptors (Lipinski definition) is 6. The second kappa shape index (κ2) is 10.5. The standard InChI is InChI=1S/C30H36ClN3O5/c1-29(2,3)39-28(37)32-21-7-5-19(6-8-21)14-33-16-30(17-34(18-30)26(36)13-31)27-23-10-9-22(38-4)11-20(23)12-24(27)25(33)15-35/h5-11,25,35H,12-18H2,1-4H3,(H,32,37). The summed E-state index contributed by atoms with van der Waals surface area (Å²) in [6, 6.07) is 13.7. The van der Waals surface area contributed by atoms with Gasteiger partial charge in [-0.05, 0) is 79.3 Å². The summed E-state index contributed by atoms with van der Waals surface area (Å²) in [5.41, 5.74) is 5.80. The maximum Gasteiger partial charge on any atom is 0.412 e. The first-order valence-corrected chi connectivity index (χ1v) is 13.8. The predicted molar refractivity (Wildman–Crippen MR) is 151 cm³/mol. The minimum Gasteiger partial charge on any atom is -0.497 e. The second-order valence-corrected chi connectivity index (χ2v) is 12.0. The minimum absolute atomic E-state index is 0.00262. The average molecular weight is 554 g/mol. The van der Waals surface area contributed by atoms with Crippen molar-refractivity contribution in [1.82, 2.24) is 9.80 Å². The van der Waals surface area contributed by atoms with Crippen LogP contribution in [0.2, 0.25) is 0 Å². The second-order valence-electron chi connectivity index (χ2n) is 11.7. The molecule has 1 spiro atoms. The Morgan fingerprint density at radius 1 is 1.13 bits per heavy atom. The number of carbonyl (C=O) groups excluding carboxylic acids is 2. The third kappa shape index (κ3) is 5.38. The lowest BCUT2D eigenvalue weighted by atomic mass is 9.67. The van der Waals surface area contributed by atoms with Crippen molar-refractivity contribution in [2.75, 3.05) is 44.5 Å². The van der Waals surface area contributed by atoms with Crippen LogP contribution >= 0.6 is 11.6 Å². The van der Waals surface area contributed by atoms with Gasteiger partial charge in [-0.2, -0.15) is 0 Å². The smallest absolute Gasteiger partial charge is 0.412 e. The van der Waals surface area contributed by atoms with Crippen molar-refractivity contribution in [1.29, 1.82) is 0 Å². The molecule has 2 amide bonds. The number of methoxy groups -OCH3 is 1. The van der Waals surface area contributed by atoms with Gasteiger partial charge in [0.1, 0.15) is 17.2 Å². The molecule has 1 aliphatic carbocycles. The van der Waals surface area contributed by atoms with E-state index in [0.29, 0.717) is 31.9 Å². The topological polar surface area (TPSA) is 91.3 Å². The van der Waals surface area contributed by atoms with Gasteiger partial charge < -0.3 is 19.5 Å². The third-order valence-corrected chi connectivity index (χ3v) is 8.00. The number of aliphatic hydroxyl groups excluding tert-OH is 1. The highest BCUT2D eigenvalue weighted by molar-refractivity contribution is 6.27. The van der Waals surface area contributed by atoms with E-state index in [1.807, 2.05) is 56.0 Å². The van der Waals surface area contributed by atoms with Crippen LogP contribution in [-0.4, -0.2) is 77.8 Å². The van der Waals surface area contributed by atoms with E-state index in [4.69, 9.17) is 21.1 Å². The molecule has 2 aromatic carbocycles. The number of amides is 2. The Bertz CT molecular complexity index is 1290. The fourth-order valence-electron chi connectivity index (χ4n) is 6.21. The summed E-state index contributed by atoms with van der Waals surface area (Å²) in [6.45, 7) is 8.03. The van der Waals surface area contributed by atoms with E-state index >= 15 is 0 Å². The third-order valence-electron chi connectivity index (χ3n) is 7.77. The van der Waals surface area contributed by atoms with Gasteiger partial charge in [-0.25, -0.2) is 4.79 Å². The first-order chi connectivity index (χ1) is 18.6. The highest BCUT2D eigenvalue weighted by Gasteiger charge is 2.55. The molecule has 2 aliphatic heterocycles. The number of carbonyl (C=O) groups is 2. The summed E-state index contributed by atoms with van der Waals surface area (Å²) >= 11 is 5.88. The van der Waals surface area contributed by atoms with Crippen LogP contribution in [0, 0.1) is 5.41 Å². The summed E-state index contributed by atoms with van der Waals surface area (Å²) in [5.74, 6) is 0.733. The molecule has 3 aliphatic rings. The van der Waals surface area contributed by atoms with Crippen molar-refractivity contribution >= 4 is 34.9 Å². The molecule has 0 aromatic heterocycles. The molecule has 2 N–H and O–H groups in total. The minimum atomic E-state index is -0.572. The zero-order valence-electron chi connectivity index (χ0n) is 22.9. The summed E-state index contributed by atoms with van der Waals surface area (Å²) in [4.78, 5) is 28.7. The van der Waals surface area contributed by atoms with Crippen molar-refractivity contribution in [3.8, 4) is 5.75 Å². The monoisotopic (exact) mass is 553 g/mol. The molecule has 0 radical (unpaired) electrons. The van der Waals surface area contributed by atoms with Crippen LogP contribution in [0.5, 0.6) is 5.75 Å². The molecule has 39 heavy (non-hydrogen) atoms. The Balaban J connectivity index is 1.40. The zero-order chi connectivity index (χ0) is 27.9. The van der Waals surface area contributed by atoms with Gasteiger partial charge in [0.15, 0.2) is 0 Å². The van der Waals surface area contributed by atoms with E-state index in [2.05, 4.69) is 22.3 Å². The Morgan fingerprint density at radius 3 is 2.46 bits per heavy atom. The highest BCUT2D eigenvalue weighted by atomic mass is 35.5. The molecule has 2 aromatic rings. The molecule has 8 nitrogen and oxygen atoms in total. The van der Waals surface area contributed by atoms with Crippen LogP contribution in [0.25, 0.3) is 5.57 Å². The van der Waals surface area contributed by atoms with Gasteiger partial charge in [0.25, 0.3) is 0 Å². The number of hydrogen-bond donors (Lipinski definition) is 2. The lowest BCUT2D eigenvalue weighted by Gasteiger charge is -2.57. The molecule has 9 heteroatoms. The van der Waals surface area contributed by atoms with Crippen molar-refractivity contribution in [3.63, 3.8) is 0 Å². The van der Waals surface area contributed by atoms with Gasteiger partial charge in [-0.3, -0.25) is 15.0 Å². The van der Waals surface area contributed by atoms with E-state index in [0.717, 1.165) is 17.7 Å². The number of rotatable bonds is 6. The first kappa shape index (κ1) is 27.5. The van der Waals surface area contributed by atoms with E-state index in [1.165, 1.54) is 22.3 Å². The number of fused-ring (bicyclic) bond motifs is 3. The first-order valence-electron chi connectivity index (χ1n) is 13.2. The molecule has 0 bridgehead atoms. The van der Waals surface area contributed by atoms with Crippen molar-refractivity contribution in [3.05, 3.63) is 64.7 Å². The van der Waals surface area contributed by atoms with Crippen LogP contribution in [0.1, 0.15) is 37.5 Å². The van der Waals surface area contributed by atoms with Gasteiger partial charge in [0, 0.05) is 37.3 Å². The average Bonchev–Trinajstić information content (AvgIpc) is 3.25. The van der Waals surface area contributed by atoms with E-state index in [-0.39, 0.29) is 29.9 Å². The Hall–Kier alpha value is -3.07. The molecule has 1 unspecified atom stereocenters. The lowest BCUT2D eigenvalue weighted by molar-refractivity contribution is -0.139. The normalized spacial score (nSPS) is 19.8. The molecule has 5 rings (SSSR count). The lowest BCUT2D eigenvalue weighted by Crippen LogP contribution is -2.66. The Labute approximate surface area is 234 Å². The number of nitrogens with zero attached hydrogens (tertiary/aromatic N) is 2. The number of benzene rings is 2. The van der Waals surface area contributed by atoms with Gasteiger partial charge in [-0.15, -0.1) is 11.6 Å². The fraction of sp³-hybridized carbons (Fsp3) is 0.467. The molecular formula is C30H36ClN3O5. The highest BCUT2D eigenvalue weighted by Crippen LogP contribution is 2.54. The van der Waals surface area contributed by atoms with Crippen LogP contribution in [0.3, 0.4) is 0 Å². The molecule has 1 fully saturated rings. The molecule has 1 saturated heterocycles. The molecule has 2 heterocycles. The maximum absolute atomic E-state index is 12.4.